The largest absolute Gasteiger partial charge is 0.406 e. The van der Waals surface area contributed by atoms with Crippen LogP contribution in [0.4, 0.5) is 18.9 Å². The van der Waals surface area contributed by atoms with Crippen molar-refractivity contribution in [3.63, 3.8) is 0 Å². The molecule has 0 atom stereocenters. The van der Waals surface area contributed by atoms with Gasteiger partial charge in [-0.25, -0.2) is 0 Å². The smallest absolute Gasteiger partial charge is 0.398 e. The second-order valence-corrected chi connectivity index (χ2v) is 3.53. The first kappa shape index (κ1) is 14.2. The number of hydrogen-bond acceptors (Lipinski definition) is 4. The van der Waals surface area contributed by atoms with E-state index in [1.807, 2.05) is 0 Å². The summed E-state index contributed by atoms with van der Waals surface area (Å²) < 4.78 is 36.8. The van der Waals surface area contributed by atoms with Crippen LogP contribution >= 0.6 is 0 Å². The first-order valence-corrected chi connectivity index (χ1v) is 5.01. The molecule has 1 aromatic rings. The highest BCUT2D eigenvalue weighted by Gasteiger charge is 2.33. The van der Waals surface area contributed by atoms with Crippen molar-refractivity contribution in [2.24, 2.45) is 0 Å². The average Bonchev–Trinajstić information content (AvgIpc) is 2.26. The lowest BCUT2D eigenvalue weighted by Crippen LogP contribution is -2.41. The summed E-state index contributed by atoms with van der Waals surface area (Å²) in [6, 6.07) is 1.32. The number of rotatable bonds is 4. The molecule has 1 heterocycles. The second kappa shape index (κ2) is 5.67. The first-order chi connectivity index (χ1) is 8.35. The Morgan fingerprint density at radius 2 is 2.17 bits per heavy atom. The molecule has 0 bridgehead atoms. The zero-order valence-corrected chi connectivity index (χ0v) is 9.31. The van der Waals surface area contributed by atoms with Gasteiger partial charge in [0.05, 0.1) is 12.2 Å². The zero-order chi connectivity index (χ0) is 13.8. The van der Waals surface area contributed by atoms with Gasteiger partial charge in [0.2, 0.25) is 0 Å². The number of nitrogen functional groups attached to an aromatic ring is 1. The molecule has 0 spiro atoms. The van der Waals surface area contributed by atoms with E-state index in [4.69, 9.17) is 10.8 Å². The van der Waals surface area contributed by atoms with E-state index in [1.54, 1.807) is 0 Å². The van der Waals surface area contributed by atoms with Crippen molar-refractivity contribution in [1.29, 1.82) is 0 Å². The molecule has 1 rings (SSSR count). The fourth-order valence-electron chi connectivity index (χ4n) is 1.34. The molecule has 0 unspecified atom stereocenters. The van der Waals surface area contributed by atoms with Gasteiger partial charge < -0.3 is 15.7 Å². The number of pyridine rings is 1. The van der Waals surface area contributed by atoms with Crippen LogP contribution < -0.4 is 5.73 Å². The summed E-state index contributed by atoms with van der Waals surface area (Å²) in [4.78, 5) is 15.9. The van der Waals surface area contributed by atoms with Gasteiger partial charge in [-0.2, -0.15) is 13.2 Å². The highest BCUT2D eigenvalue weighted by Crippen LogP contribution is 2.19. The third kappa shape index (κ3) is 3.88. The van der Waals surface area contributed by atoms with Gasteiger partial charge in [0.1, 0.15) is 6.54 Å². The van der Waals surface area contributed by atoms with Gasteiger partial charge in [0.15, 0.2) is 0 Å². The molecule has 8 heteroatoms. The molecular formula is C10H12F3N3O2. The summed E-state index contributed by atoms with van der Waals surface area (Å²) in [5.41, 5.74) is 5.41. The van der Waals surface area contributed by atoms with Crippen molar-refractivity contribution in [3.05, 3.63) is 24.0 Å². The lowest BCUT2D eigenvalue weighted by molar-refractivity contribution is -0.141. The van der Waals surface area contributed by atoms with E-state index < -0.39 is 31.8 Å². The van der Waals surface area contributed by atoms with Crippen molar-refractivity contribution in [3.8, 4) is 0 Å². The van der Waals surface area contributed by atoms with Gasteiger partial charge in [-0.3, -0.25) is 9.78 Å². The van der Waals surface area contributed by atoms with Crippen LogP contribution in [-0.4, -0.2) is 46.8 Å². The fraction of sp³-hybridized carbons (Fsp3) is 0.400. The van der Waals surface area contributed by atoms with Gasteiger partial charge in [0, 0.05) is 24.6 Å². The molecule has 0 aliphatic rings. The topological polar surface area (TPSA) is 79.5 Å². The summed E-state index contributed by atoms with van der Waals surface area (Å²) in [6.07, 6.45) is -2.12. The van der Waals surface area contributed by atoms with Crippen LogP contribution in [0.25, 0.3) is 0 Å². The van der Waals surface area contributed by atoms with Crippen LogP contribution in [0, 0.1) is 0 Å². The Kier molecular flexibility index (Phi) is 4.49. The van der Waals surface area contributed by atoms with Crippen LogP contribution in [-0.2, 0) is 0 Å². The Morgan fingerprint density at radius 1 is 1.50 bits per heavy atom. The highest BCUT2D eigenvalue weighted by molar-refractivity contribution is 5.98. The Bertz CT molecular complexity index is 423. The molecule has 1 aromatic heterocycles. The predicted molar refractivity (Wildman–Crippen MR) is 57.7 cm³/mol. The van der Waals surface area contributed by atoms with E-state index >= 15 is 0 Å². The van der Waals surface area contributed by atoms with E-state index in [9.17, 15) is 18.0 Å². The monoisotopic (exact) mass is 263 g/mol. The number of aliphatic hydroxyl groups is 1. The van der Waals surface area contributed by atoms with Gasteiger partial charge in [-0.15, -0.1) is 0 Å². The minimum absolute atomic E-state index is 0.0418. The first-order valence-electron chi connectivity index (χ1n) is 5.01. The maximum Gasteiger partial charge on any atom is 0.406 e. The molecule has 5 nitrogen and oxygen atoms in total. The number of carbonyl (C=O) groups excluding carboxylic acids is 1. The van der Waals surface area contributed by atoms with Gasteiger partial charge in [-0.1, -0.05) is 0 Å². The van der Waals surface area contributed by atoms with E-state index in [-0.39, 0.29) is 11.3 Å². The minimum Gasteiger partial charge on any atom is -0.398 e. The lowest BCUT2D eigenvalue weighted by atomic mass is 10.2. The lowest BCUT2D eigenvalue weighted by Gasteiger charge is -2.23. The predicted octanol–water partition coefficient (Wildman–Crippen LogP) is 0.661. The number of nitrogens with zero attached hydrogens (tertiary/aromatic N) is 2. The van der Waals surface area contributed by atoms with Crippen LogP contribution in [0.1, 0.15) is 10.4 Å². The van der Waals surface area contributed by atoms with Crippen LogP contribution in [0.15, 0.2) is 18.5 Å². The Labute approximate surface area is 101 Å². The van der Waals surface area contributed by atoms with Crippen LogP contribution in [0.3, 0.4) is 0 Å². The van der Waals surface area contributed by atoms with E-state index in [2.05, 4.69) is 4.98 Å². The van der Waals surface area contributed by atoms with E-state index in [0.29, 0.717) is 4.90 Å². The van der Waals surface area contributed by atoms with E-state index in [1.165, 1.54) is 12.3 Å². The van der Waals surface area contributed by atoms with Crippen molar-refractivity contribution in [2.45, 2.75) is 6.18 Å². The van der Waals surface area contributed by atoms with Crippen LogP contribution in [0.2, 0.25) is 0 Å². The van der Waals surface area contributed by atoms with Gasteiger partial charge >= 0.3 is 6.18 Å². The second-order valence-electron chi connectivity index (χ2n) is 3.53. The van der Waals surface area contributed by atoms with Crippen LogP contribution in [0.5, 0.6) is 0 Å². The molecule has 0 aliphatic carbocycles. The maximum atomic E-state index is 12.3. The number of anilines is 1. The third-order valence-electron chi connectivity index (χ3n) is 2.11. The number of amides is 1. The quantitative estimate of drug-likeness (QED) is 0.836. The Balaban J connectivity index is 2.93. The number of aliphatic hydroxyl groups excluding tert-OH is 1. The number of hydrogen-bond donors (Lipinski definition) is 2. The SMILES string of the molecule is Nc1ccncc1C(=O)N(CCO)CC(F)(F)F. The van der Waals surface area contributed by atoms with Gasteiger partial charge in [-0.05, 0) is 6.07 Å². The maximum absolute atomic E-state index is 12.3. The molecule has 18 heavy (non-hydrogen) atoms. The molecule has 100 valence electrons. The minimum atomic E-state index is -4.54. The number of alkyl halides is 3. The summed E-state index contributed by atoms with van der Waals surface area (Å²) in [5.74, 6) is -0.910. The summed E-state index contributed by atoms with van der Waals surface area (Å²) >= 11 is 0. The number of carbonyl (C=O) groups is 1. The number of halogens is 3. The fourth-order valence-corrected chi connectivity index (χ4v) is 1.34. The summed E-state index contributed by atoms with van der Waals surface area (Å²) in [7, 11) is 0. The molecule has 0 saturated heterocycles. The summed E-state index contributed by atoms with van der Waals surface area (Å²) in [6.45, 7) is -2.44. The number of aromatic nitrogens is 1. The van der Waals surface area contributed by atoms with Crippen molar-refractivity contribution in [2.75, 3.05) is 25.4 Å². The molecule has 0 aromatic carbocycles. The van der Waals surface area contributed by atoms with Crippen molar-refractivity contribution < 1.29 is 23.1 Å². The molecule has 3 N–H and O–H groups in total. The van der Waals surface area contributed by atoms with Gasteiger partial charge in [0.25, 0.3) is 5.91 Å². The van der Waals surface area contributed by atoms with E-state index in [0.717, 1.165) is 6.20 Å². The third-order valence-corrected chi connectivity index (χ3v) is 2.11. The van der Waals surface area contributed by atoms with Crippen molar-refractivity contribution >= 4 is 11.6 Å². The normalized spacial score (nSPS) is 11.3. The molecule has 1 amide bonds. The standard InChI is InChI=1S/C10H12F3N3O2/c11-10(12,13)6-16(3-4-17)9(18)7-5-15-2-1-8(7)14/h1-2,5,17H,3-4,6H2,(H2,14,15). The number of nitrogens with two attached hydrogens (primary N) is 1. The molecular weight excluding hydrogens is 251 g/mol. The molecule has 0 radical (unpaired) electrons. The summed E-state index contributed by atoms with van der Waals surface area (Å²) in [5, 5.41) is 8.69. The Hall–Kier alpha value is -1.83. The molecule has 0 saturated carbocycles. The highest BCUT2D eigenvalue weighted by atomic mass is 19.4. The average molecular weight is 263 g/mol. The molecule has 0 aliphatic heterocycles. The Morgan fingerprint density at radius 3 is 2.67 bits per heavy atom. The zero-order valence-electron chi connectivity index (χ0n) is 9.31. The molecule has 0 fully saturated rings. The van der Waals surface area contributed by atoms with Crippen molar-refractivity contribution in [1.82, 2.24) is 9.88 Å².